The van der Waals surface area contributed by atoms with Crippen molar-refractivity contribution in [2.45, 2.75) is 13.8 Å². The molecule has 0 fully saturated rings. The quantitative estimate of drug-likeness (QED) is 0.752. The van der Waals surface area contributed by atoms with Gasteiger partial charge in [0.25, 0.3) is 0 Å². The maximum absolute atomic E-state index is 5.50. The van der Waals surface area contributed by atoms with Crippen molar-refractivity contribution in [2.24, 2.45) is 0 Å². The minimum atomic E-state index is 0.613. The Morgan fingerprint density at radius 1 is 1.27 bits per heavy atom. The molecule has 0 aliphatic rings. The normalized spacial score (nSPS) is 10.3. The zero-order valence-corrected chi connectivity index (χ0v) is 9.07. The summed E-state index contributed by atoms with van der Waals surface area (Å²) in [7, 11) is 1.65. The lowest BCUT2D eigenvalue weighted by atomic mass is 10.1. The summed E-state index contributed by atoms with van der Waals surface area (Å²) >= 11 is 0. The van der Waals surface area contributed by atoms with Crippen LogP contribution in [0.4, 0.5) is 0 Å². The first-order valence-corrected chi connectivity index (χ1v) is 4.79. The Kier molecular flexibility index (Phi) is 2.46. The van der Waals surface area contributed by atoms with E-state index in [4.69, 9.17) is 9.15 Å². The summed E-state index contributed by atoms with van der Waals surface area (Å²) in [5.74, 6) is 2.20. The van der Waals surface area contributed by atoms with E-state index in [2.05, 4.69) is 4.98 Å². The minimum Gasteiger partial charge on any atom is -0.496 e. The van der Waals surface area contributed by atoms with E-state index >= 15 is 0 Å². The van der Waals surface area contributed by atoms with Gasteiger partial charge in [-0.25, -0.2) is 4.98 Å². The van der Waals surface area contributed by atoms with E-state index in [-0.39, 0.29) is 0 Å². The second-order valence-corrected chi connectivity index (χ2v) is 3.43. The first-order chi connectivity index (χ1) is 7.22. The molecule has 0 spiro atoms. The van der Waals surface area contributed by atoms with Gasteiger partial charge in [-0.15, -0.1) is 0 Å². The largest absolute Gasteiger partial charge is 0.496 e. The molecule has 0 amide bonds. The summed E-state index contributed by atoms with van der Waals surface area (Å²) in [5.41, 5.74) is 2.02. The van der Waals surface area contributed by atoms with Crippen LogP contribution >= 0.6 is 0 Å². The van der Waals surface area contributed by atoms with E-state index in [0.29, 0.717) is 5.89 Å². The SMILES string of the molecule is COc1cccc(C)c1-c1ncc(C)o1. The van der Waals surface area contributed by atoms with Crippen LogP contribution in [0.25, 0.3) is 11.5 Å². The van der Waals surface area contributed by atoms with Crippen molar-refractivity contribution in [2.75, 3.05) is 7.11 Å². The smallest absolute Gasteiger partial charge is 0.230 e. The van der Waals surface area contributed by atoms with Crippen LogP contribution in [0.15, 0.2) is 28.8 Å². The first-order valence-electron chi connectivity index (χ1n) is 4.79. The molecule has 1 heterocycles. The van der Waals surface area contributed by atoms with Crippen molar-refractivity contribution < 1.29 is 9.15 Å². The maximum Gasteiger partial charge on any atom is 0.230 e. The number of hydrogen-bond donors (Lipinski definition) is 0. The molecule has 2 aromatic rings. The molecule has 0 saturated carbocycles. The Hall–Kier alpha value is -1.77. The van der Waals surface area contributed by atoms with Gasteiger partial charge in [0.1, 0.15) is 11.5 Å². The lowest BCUT2D eigenvalue weighted by molar-refractivity contribution is 0.413. The monoisotopic (exact) mass is 203 g/mol. The van der Waals surface area contributed by atoms with Gasteiger partial charge < -0.3 is 9.15 Å². The van der Waals surface area contributed by atoms with Crippen LogP contribution in [0.3, 0.4) is 0 Å². The fourth-order valence-corrected chi connectivity index (χ4v) is 1.56. The molecule has 0 N–H and O–H groups in total. The molecule has 0 bridgehead atoms. The lowest BCUT2D eigenvalue weighted by Crippen LogP contribution is -1.90. The molecule has 0 atom stereocenters. The standard InChI is InChI=1S/C12H13NO2/c1-8-5-4-6-10(14-3)11(8)12-13-7-9(2)15-12/h4-7H,1-3H3. The van der Waals surface area contributed by atoms with Gasteiger partial charge in [0.2, 0.25) is 5.89 Å². The Morgan fingerprint density at radius 2 is 2.07 bits per heavy atom. The van der Waals surface area contributed by atoms with Crippen LogP contribution in [0.5, 0.6) is 5.75 Å². The number of aryl methyl sites for hydroxylation is 2. The van der Waals surface area contributed by atoms with E-state index in [1.165, 1.54) is 0 Å². The number of ether oxygens (including phenoxy) is 1. The van der Waals surface area contributed by atoms with Gasteiger partial charge in [-0.1, -0.05) is 12.1 Å². The van der Waals surface area contributed by atoms with Crippen LogP contribution < -0.4 is 4.74 Å². The van der Waals surface area contributed by atoms with Crippen LogP contribution in [0.2, 0.25) is 0 Å². The van der Waals surface area contributed by atoms with Crippen molar-refractivity contribution in [1.82, 2.24) is 4.98 Å². The van der Waals surface area contributed by atoms with Crippen molar-refractivity contribution in [1.29, 1.82) is 0 Å². The predicted octanol–water partition coefficient (Wildman–Crippen LogP) is 2.97. The second kappa shape index (κ2) is 3.77. The molecule has 3 nitrogen and oxygen atoms in total. The first kappa shape index (κ1) is 9.77. The molecule has 1 aromatic carbocycles. The number of nitrogens with zero attached hydrogens (tertiary/aromatic N) is 1. The van der Waals surface area contributed by atoms with Gasteiger partial charge >= 0.3 is 0 Å². The number of aromatic nitrogens is 1. The van der Waals surface area contributed by atoms with Crippen molar-refractivity contribution in [3.63, 3.8) is 0 Å². The highest BCUT2D eigenvalue weighted by Crippen LogP contribution is 2.32. The highest BCUT2D eigenvalue weighted by Gasteiger charge is 2.13. The van der Waals surface area contributed by atoms with Gasteiger partial charge in [0.05, 0.1) is 18.9 Å². The molecule has 0 radical (unpaired) electrons. The molecule has 1 aromatic heterocycles. The van der Waals surface area contributed by atoms with E-state index in [0.717, 1.165) is 22.6 Å². The number of rotatable bonds is 2. The van der Waals surface area contributed by atoms with E-state index in [1.54, 1.807) is 13.3 Å². The number of oxazole rings is 1. The molecule has 2 rings (SSSR count). The molecule has 0 saturated heterocycles. The highest BCUT2D eigenvalue weighted by atomic mass is 16.5. The van der Waals surface area contributed by atoms with E-state index in [1.807, 2.05) is 32.0 Å². The fourth-order valence-electron chi connectivity index (χ4n) is 1.56. The summed E-state index contributed by atoms with van der Waals surface area (Å²) in [6, 6.07) is 5.87. The van der Waals surface area contributed by atoms with Crippen molar-refractivity contribution >= 4 is 0 Å². The molecule has 78 valence electrons. The van der Waals surface area contributed by atoms with E-state index in [9.17, 15) is 0 Å². The molecular formula is C12H13NO2. The third kappa shape index (κ3) is 1.73. The lowest BCUT2D eigenvalue weighted by Gasteiger charge is -2.07. The third-order valence-corrected chi connectivity index (χ3v) is 2.29. The number of benzene rings is 1. The molecular weight excluding hydrogens is 190 g/mol. The third-order valence-electron chi connectivity index (χ3n) is 2.29. The predicted molar refractivity (Wildman–Crippen MR) is 58.0 cm³/mol. The molecule has 15 heavy (non-hydrogen) atoms. The number of hydrogen-bond acceptors (Lipinski definition) is 3. The van der Waals surface area contributed by atoms with Crippen LogP contribution in [0, 0.1) is 13.8 Å². The van der Waals surface area contributed by atoms with Crippen LogP contribution in [0.1, 0.15) is 11.3 Å². The van der Waals surface area contributed by atoms with Gasteiger partial charge in [-0.2, -0.15) is 0 Å². The summed E-state index contributed by atoms with van der Waals surface area (Å²) in [4.78, 5) is 4.21. The summed E-state index contributed by atoms with van der Waals surface area (Å²) in [5, 5.41) is 0. The van der Waals surface area contributed by atoms with Gasteiger partial charge in [-0.05, 0) is 25.5 Å². The number of methoxy groups -OCH3 is 1. The molecule has 0 unspecified atom stereocenters. The average Bonchev–Trinajstić information content (AvgIpc) is 2.64. The summed E-state index contributed by atoms with van der Waals surface area (Å²) in [6.45, 7) is 3.89. The van der Waals surface area contributed by atoms with Crippen molar-refractivity contribution in [3.05, 3.63) is 35.7 Å². The van der Waals surface area contributed by atoms with E-state index < -0.39 is 0 Å². The molecule has 3 heteroatoms. The Morgan fingerprint density at radius 3 is 2.67 bits per heavy atom. The van der Waals surface area contributed by atoms with Gasteiger partial charge in [0, 0.05) is 0 Å². The van der Waals surface area contributed by atoms with Crippen molar-refractivity contribution in [3.8, 4) is 17.2 Å². The topological polar surface area (TPSA) is 35.3 Å². The van der Waals surface area contributed by atoms with Crippen LogP contribution in [-0.4, -0.2) is 12.1 Å². The van der Waals surface area contributed by atoms with Gasteiger partial charge in [-0.3, -0.25) is 0 Å². The van der Waals surface area contributed by atoms with Gasteiger partial charge in [0.15, 0.2) is 0 Å². The fraction of sp³-hybridized carbons (Fsp3) is 0.250. The Bertz CT molecular complexity index is 474. The minimum absolute atomic E-state index is 0.613. The Balaban J connectivity index is 2.60. The second-order valence-electron chi connectivity index (χ2n) is 3.43. The zero-order chi connectivity index (χ0) is 10.8. The zero-order valence-electron chi connectivity index (χ0n) is 9.07. The average molecular weight is 203 g/mol. The highest BCUT2D eigenvalue weighted by molar-refractivity contribution is 5.67. The summed E-state index contributed by atoms with van der Waals surface area (Å²) < 4.78 is 10.8. The summed E-state index contributed by atoms with van der Waals surface area (Å²) in [6.07, 6.45) is 1.71. The molecule has 0 aliphatic heterocycles. The Labute approximate surface area is 88.7 Å². The maximum atomic E-state index is 5.50. The molecule has 0 aliphatic carbocycles. The van der Waals surface area contributed by atoms with Crippen LogP contribution in [-0.2, 0) is 0 Å².